The lowest BCUT2D eigenvalue weighted by Crippen LogP contribution is -2.36. The molecular formula is C18H29NO. The van der Waals surface area contributed by atoms with E-state index < -0.39 is 0 Å². The van der Waals surface area contributed by atoms with Crippen molar-refractivity contribution in [2.45, 2.75) is 59.4 Å². The van der Waals surface area contributed by atoms with Gasteiger partial charge < -0.3 is 4.90 Å². The van der Waals surface area contributed by atoms with Crippen molar-refractivity contribution in [3.8, 4) is 0 Å². The van der Waals surface area contributed by atoms with Gasteiger partial charge in [-0.25, -0.2) is 0 Å². The Kier molecular flexibility index (Phi) is 8.01. The zero-order chi connectivity index (χ0) is 14.8. The summed E-state index contributed by atoms with van der Waals surface area (Å²) in [5.41, 5.74) is 1.23. The average molecular weight is 275 g/mol. The molecule has 1 fully saturated rings. The molecule has 112 valence electrons. The molecule has 0 bridgehead atoms. The number of rotatable bonds is 4. The third kappa shape index (κ3) is 4.99. The van der Waals surface area contributed by atoms with Crippen LogP contribution in [0.4, 0.5) is 0 Å². The first-order valence-corrected chi connectivity index (χ1v) is 8.14. The molecule has 1 aliphatic carbocycles. The van der Waals surface area contributed by atoms with Crippen molar-refractivity contribution in [1.29, 1.82) is 0 Å². The van der Waals surface area contributed by atoms with Gasteiger partial charge in [-0.3, -0.25) is 4.79 Å². The van der Waals surface area contributed by atoms with Gasteiger partial charge in [0.15, 0.2) is 0 Å². The quantitative estimate of drug-likeness (QED) is 0.783. The number of carbonyl (C=O) groups is 1. The van der Waals surface area contributed by atoms with Gasteiger partial charge in [0, 0.05) is 19.0 Å². The van der Waals surface area contributed by atoms with Gasteiger partial charge in [-0.1, -0.05) is 63.4 Å². The third-order valence-corrected chi connectivity index (χ3v) is 3.86. The minimum Gasteiger partial charge on any atom is -0.338 e. The highest BCUT2D eigenvalue weighted by Crippen LogP contribution is 2.25. The van der Waals surface area contributed by atoms with Crippen LogP contribution in [0.1, 0.15) is 58.4 Å². The van der Waals surface area contributed by atoms with Crippen LogP contribution in [0.5, 0.6) is 0 Å². The fourth-order valence-corrected chi connectivity index (χ4v) is 2.76. The molecule has 2 nitrogen and oxygen atoms in total. The van der Waals surface area contributed by atoms with E-state index in [9.17, 15) is 4.79 Å². The Labute approximate surface area is 124 Å². The largest absolute Gasteiger partial charge is 0.338 e. The molecule has 0 atom stereocenters. The molecule has 0 aromatic heterocycles. The number of amides is 1. The highest BCUT2D eigenvalue weighted by Gasteiger charge is 2.24. The molecule has 1 amide bonds. The zero-order valence-corrected chi connectivity index (χ0v) is 13.3. The Hall–Kier alpha value is -1.31. The zero-order valence-electron chi connectivity index (χ0n) is 13.3. The summed E-state index contributed by atoms with van der Waals surface area (Å²) in [6, 6.07) is 10.3. The van der Waals surface area contributed by atoms with Crippen LogP contribution in [0.15, 0.2) is 30.3 Å². The Morgan fingerprint density at radius 1 is 1.10 bits per heavy atom. The summed E-state index contributed by atoms with van der Waals surface area (Å²) in [7, 11) is 0. The molecule has 2 rings (SSSR count). The van der Waals surface area contributed by atoms with E-state index >= 15 is 0 Å². The van der Waals surface area contributed by atoms with E-state index in [0.717, 1.165) is 25.9 Å². The molecule has 0 unspecified atom stereocenters. The monoisotopic (exact) mass is 275 g/mol. The Balaban J connectivity index is 0.000000956. The number of hydrogen-bond acceptors (Lipinski definition) is 1. The van der Waals surface area contributed by atoms with E-state index in [-0.39, 0.29) is 5.92 Å². The van der Waals surface area contributed by atoms with Crippen LogP contribution < -0.4 is 0 Å². The minimum absolute atomic E-state index is 0.280. The third-order valence-electron chi connectivity index (χ3n) is 3.86. The van der Waals surface area contributed by atoms with E-state index in [4.69, 9.17) is 0 Å². The van der Waals surface area contributed by atoms with Crippen molar-refractivity contribution in [2.75, 3.05) is 6.54 Å². The van der Waals surface area contributed by atoms with Crippen LogP contribution in [-0.4, -0.2) is 17.4 Å². The second kappa shape index (κ2) is 9.57. The molecule has 0 aliphatic heterocycles. The lowest BCUT2D eigenvalue weighted by molar-refractivity contribution is -0.137. The van der Waals surface area contributed by atoms with Gasteiger partial charge >= 0.3 is 0 Å². The lowest BCUT2D eigenvalue weighted by Gasteiger charge is -2.28. The fourth-order valence-electron chi connectivity index (χ4n) is 2.76. The summed E-state index contributed by atoms with van der Waals surface area (Å²) in [6.45, 7) is 7.64. The SMILES string of the molecule is CC.CCN(Cc1ccccc1)C(=O)C1CCCCC1. The van der Waals surface area contributed by atoms with Gasteiger partial charge in [0.05, 0.1) is 0 Å². The van der Waals surface area contributed by atoms with Crippen molar-refractivity contribution in [2.24, 2.45) is 5.92 Å². The van der Waals surface area contributed by atoms with Crippen LogP contribution in [0.25, 0.3) is 0 Å². The van der Waals surface area contributed by atoms with Gasteiger partial charge in [0.2, 0.25) is 5.91 Å². The lowest BCUT2D eigenvalue weighted by atomic mass is 9.88. The Morgan fingerprint density at radius 2 is 1.70 bits per heavy atom. The standard InChI is InChI=1S/C16H23NO.C2H6/c1-2-17(13-14-9-5-3-6-10-14)16(18)15-11-7-4-8-12-15;1-2/h3,5-6,9-10,15H,2,4,7-8,11-13H2,1H3;1-2H3. The maximum absolute atomic E-state index is 12.5. The molecule has 2 heteroatoms. The molecule has 0 N–H and O–H groups in total. The van der Waals surface area contributed by atoms with E-state index in [1.54, 1.807) is 0 Å². The second-order valence-corrected chi connectivity index (χ2v) is 5.17. The Bertz CT molecular complexity index is 368. The molecule has 0 radical (unpaired) electrons. The van der Waals surface area contributed by atoms with E-state index in [2.05, 4.69) is 19.1 Å². The summed E-state index contributed by atoms with van der Waals surface area (Å²) in [5, 5.41) is 0. The summed E-state index contributed by atoms with van der Waals surface area (Å²) in [4.78, 5) is 14.5. The van der Waals surface area contributed by atoms with E-state index in [1.807, 2.05) is 36.9 Å². The van der Waals surface area contributed by atoms with E-state index in [0.29, 0.717) is 5.91 Å². The molecule has 20 heavy (non-hydrogen) atoms. The van der Waals surface area contributed by atoms with Crippen LogP contribution in [0.2, 0.25) is 0 Å². The summed E-state index contributed by atoms with van der Waals surface area (Å²) >= 11 is 0. The maximum atomic E-state index is 12.5. The number of benzene rings is 1. The van der Waals surface area contributed by atoms with Crippen molar-refractivity contribution in [3.63, 3.8) is 0 Å². The summed E-state index contributed by atoms with van der Waals surface area (Å²) in [5.74, 6) is 0.642. The normalized spacial score (nSPS) is 15.2. The first-order chi connectivity index (χ1) is 9.81. The van der Waals surface area contributed by atoms with Crippen molar-refractivity contribution >= 4 is 5.91 Å². The van der Waals surface area contributed by atoms with Crippen molar-refractivity contribution in [1.82, 2.24) is 4.90 Å². The van der Waals surface area contributed by atoms with Crippen LogP contribution in [-0.2, 0) is 11.3 Å². The second-order valence-electron chi connectivity index (χ2n) is 5.17. The molecule has 1 aliphatic rings. The predicted octanol–water partition coefficient (Wildman–Crippen LogP) is 4.64. The van der Waals surface area contributed by atoms with Gasteiger partial charge in [0.25, 0.3) is 0 Å². The molecular weight excluding hydrogens is 246 g/mol. The number of carbonyl (C=O) groups excluding carboxylic acids is 1. The maximum Gasteiger partial charge on any atom is 0.225 e. The fraction of sp³-hybridized carbons (Fsp3) is 0.611. The van der Waals surface area contributed by atoms with Gasteiger partial charge in [0.1, 0.15) is 0 Å². The van der Waals surface area contributed by atoms with Crippen LogP contribution in [0, 0.1) is 5.92 Å². The first-order valence-electron chi connectivity index (χ1n) is 8.14. The molecule has 0 heterocycles. The van der Waals surface area contributed by atoms with Crippen molar-refractivity contribution in [3.05, 3.63) is 35.9 Å². The molecule has 1 aromatic rings. The number of nitrogens with zero attached hydrogens (tertiary/aromatic N) is 1. The topological polar surface area (TPSA) is 20.3 Å². The molecule has 0 saturated heterocycles. The smallest absolute Gasteiger partial charge is 0.225 e. The number of hydrogen-bond donors (Lipinski definition) is 0. The molecule has 1 aromatic carbocycles. The first kappa shape index (κ1) is 16.7. The average Bonchev–Trinajstić information content (AvgIpc) is 2.55. The Morgan fingerprint density at radius 3 is 2.25 bits per heavy atom. The summed E-state index contributed by atoms with van der Waals surface area (Å²) in [6.07, 6.45) is 5.92. The summed E-state index contributed by atoms with van der Waals surface area (Å²) < 4.78 is 0. The van der Waals surface area contributed by atoms with Crippen LogP contribution in [0.3, 0.4) is 0 Å². The predicted molar refractivity (Wildman–Crippen MR) is 85.5 cm³/mol. The van der Waals surface area contributed by atoms with Crippen LogP contribution >= 0.6 is 0 Å². The highest BCUT2D eigenvalue weighted by molar-refractivity contribution is 5.78. The minimum atomic E-state index is 0.280. The van der Waals surface area contributed by atoms with Gasteiger partial charge in [-0.2, -0.15) is 0 Å². The molecule has 0 spiro atoms. The van der Waals surface area contributed by atoms with Crippen molar-refractivity contribution < 1.29 is 4.79 Å². The highest BCUT2D eigenvalue weighted by atomic mass is 16.2. The molecule has 1 saturated carbocycles. The van der Waals surface area contributed by atoms with Gasteiger partial charge in [-0.15, -0.1) is 0 Å². The van der Waals surface area contributed by atoms with Gasteiger partial charge in [-0.05, 0) is 25.3 Å². The van der Waals surface area contributed by atoms with E-state index in [1.165, 1.54) is 24.8 Å².